The van der Waals surface area contributed by atoms with Crippen LogP contribution in [0.5, 0.6) is 0 Å². The predicted octanol–water partition coefficient (Wildman–Crippen LogP) is 4.85. The van der Waals surface area contributed by atoms with Gasteiger partial charge < -0.3 is 0 Å². The zero-order chi connectivity index (χ0) is 14.5. The summed E-state index contributed by atoms with van der Waals surface area (Å²) in [5.41, 5.74) is 2.11. The van der Waals surface area contributed by atoms with Crippen molar-refractivity contribution in [3.05, 3.63) is 71.8 Å². The molecular weight excluding hydrogens is 296 g/mol. The summed E-state index contributed by atoms with van der Waals surface area (Å²) in [5, 5.41) is 0. The van der Waals surface area contributed by atoms with E-state index in [2.05, 4.69) is 24.3 Å². The first-order valence-corrected chi connectivity index (χ1v) is 9.31. The van der Waals surface area contributed by atoms with E-state index in [1.165, 1.54) is 17.1 Å². The Morgan fingerprint density at radius 2 is 1.52 bits per heavy atom. The number of hydrogen-bond donors (Lipinski definition) is 0. The van der Waals surface area contributed by atoms with Crippen LogP contribution >= 0.6 is 23.5 Å². The molecule has 1 saturated heterocycles. The van der Waals surface area contributed by atoms with Crippen molar-refractivity contribution in [3.63, 3.8) is 0 Å². The molecule has 108 valence electrons. The van der Waals surface area contributed by atoms with Crippen LogP contribution in [-0.4, -0.2) is 21.9 Å². The van der Waals surface area contributed by atoms with Gasteiger partial charge in [-0.3, -0.25) is 4.79 Å². The molecule has 0 saturated carbocycles. The molecule has 1 aliphatic heterocycles. The fraction of sp³-hybridized carbons (Fsp3) is 0.278. The summed E-state index contributed by atoms with van der Waals surface area (Å²) in [5.74, 6) is 2.94. The molecule has 3 heteroatoms. The van der Waals surface area contributed by atoms with E-state index < -0.39 is 0 Å². The van der Waals surface area contributed by atoms with Crippen molar-refractivity contribution in [2.24, 2.45) is 0 Å². The summed E-state index contributed by atoms with van der Waals surface area (Å²) in [4.78, 5) is 12.6. The second kappa shape index (κ2) is 7.19. The van der Waals surface area contributed by atoms with Gasteiger partial charge in [0.2, 0.25) is 0 Å². The Morgan fingerprint density at radius 3 is 2.14 bits per heavy atom. The Hall–Kier alpha value is -1.19. The average Bonchev–Trinajstić information content (AvgIpc) is 3.08. The lowest BCUT2D eigenvalue weighted by atomic mass is 9.93. The van der Waals surface area contributed by atoms with Gasteiger partial charge in [0, 0.05) is 29.4 Å². The Kier molecular flexibility index (Phi) is 5.04. The molecule has 0 N–H and O–H groups in total. The summed E-state index contributed by atoms with van der Waals surface area (Å²) in [7, 11) is 0. The lowest BCUT2D eigenvalue weighted by Gasteiger charge is -2.22. The molecular formula is C18H18OS2. The summed E-state index contributed by atoms with van der Waals surface area (Å²) < 4.78 is 0.500. The number of hydrogen-bond acceptors (Lipinski definition) is 3. The lowest BCUT2D eigenvalue weighted by molar-refractivity contribution is 0.0975. The highest BCUT2D eigenvalue weighted by Crippen LogP contribution is 2.43. The summed E-state index contributed by atoms with van der Waals surface area (Å²) in [6.07, 6.45) is 0.596. The van der Waals surface area contributed by atoms with Gasteiger partial charge in [0.15, 0.2) is 5.78 Å². The monoisotopic (exact) mass is 314 g/mol. The molecule has 2 aromatic carbocycles. The molecule has 0 aromatic heterocycles. The highest BCUT2D eigenvalue weighted by atomic mass is 32.2. The molecule has 1 heterocycles. The molecule has 0 aliphatic carbocycles. The molecule has 0 spiro atoms. The van der Waals surface area contributed by atoms with Gasteiger partial charge in [-0.2, -0.15) is 0 Å². The first-order chi connectivity index (χ1) is 10.3. The fourth-order valence-corrected chi connectivity index (χ4v) is 5.79. The summed E-state index contributed by atoms with van der Waals surface area (Å²) in [6.45, 7) is 0. The number of carbonyl (C=O) groups excluding carboxylic acids is 1. The zero-order valence-corrected chi connectivity index (χ0v) is 13.4. The maximum absolute atomic E-state index is 12.6. The Morgan fingerprint density at radius 1 is 0.952 bits per heavy atom. The summed E-state index contributed by atoms with van der Waals surface area (Å²) in [6, 6.07) is 20.1. The Bertz CT molecular complexity index is 577. The van der Waals surface area contributed by atoms with E-state index in [9.17, 15) is 4.79 Å². The second-order valence-electron chi connectivity index (χ2n) is 5.12. The van der Waals surface area contributed by atoms with E-state index in [1.807, 2.05) is 59.9 Å². The van der Waals surface area contributed by atoms with Crippen molar-refractivity contribution in [2.45, 2.75) is 16.9 Å². The summed E-state index contributed by atoms with van der Waals surface area (Å²) >= 11 is 3.99. The third-order valence-corrected chi connectivity index (χ3v) is 6.97. The number of ketones is 1. The van der Waals surface area contributed by atoms with Crippen LogP contribution < -0.4 is 0 Å². The minimum atomic E-state index is 0.248. The fourth-order valence-electron chi connectivity index (χ4n) is 2.62. The molecule has 1 unspecified atom stereocenters. The van der Waals surface area contributed by atoms with Crippen molar-refractivity contribution in [1.29, 1.82) is 0 Å². The Balaban J connectivity index is 1.81. The van der Waals surface area contributed by atoms with Crippen LogP contribution in [0, 0.1) is 0 Å². The largest absolute Gasteiger partial charge is 0.294 e. The van der Waals surface area contributed by atoms with Gasteiger partial charge in [0.25, 0.3) is 0 Å². The number of benzene rings is 2. The predicted molar refractivity (Wildman–Crippen MR) is 93.3 cm³/mol. The minimum absolute atomic E-state index is 0.248. The first kappa shape index (κ1) is 14.7. The molecule has 2 aromatic rings. The van der Waals surface area contributed by atoms with Crippen LogP contribution in [0.3, 0.4) is 0 Å². The number of carbonyl (C=O) groups is 1. The highest BCUT2D eigenvalue weighted by Gasteiger charge is 2.29. The molecule has 1 nitrogen and oxygen atoms in total. The van der Waals surface area contributed by atoms with E-state index in [1.54, 1.807) is 0 Å². The molecule has 0 bridgehead atoms. The molecule has 1 atom stereocenters. The molecule has 0 radical (unpaired) electrons. The van der Waals surface area contributed by atoms with Gasteiger partial charge in [-0.05, 0) is 5.56 Å². The third kappa shape index (κ3) is 3.72. The van der Waals surface area contributed by atoms with E-state index in [0.29, 0.717) is 16.9 Å². The maximum atomic E-state index is 12.6. The first-order valence-electron chi connectivity index (χ1n) is 7.21. The Labute approximate surface area is 134 Å². The van der Waals surface area contributed by atoms with E-state index in [-0.39, 0.29) is 5.78 Å². The number of Topliss-reactive ketones (excluding diaryl/α,β-unsaturated/α-hetero) is 1. The van der Waals surface area contributed by atoms with Gasteiger partial charge in [-0.25, -0.2) is 0 Å². The smallest absolute Gasteiger partial charge is 0.163 e. The van der Waals surface area contributed by atoms with Crippen molar-refractivity contribution < 1.29 is 4.79 Å². The lowest BCUT2D eigenvalue weighted by Crippen LogP contribution is -2.15. The normalized spacial score (nSPS) is 16.8. The third-order valence-electron chi connectivity index (χ3n) is 3.70. The van der Waals surface area contributed by atoms with Crippen molar-refractivity contribution >= 4 is 29.3 Å². The molecule has 0 amide bonds. The molecule has 1 aliphatic rings. The molecule has 1 fully saturated rings. The van der Waals surface area contributed by atoms with Gasteiger partial charge in [-0.1, -0.05) is 60.7 Å². The quantitative estimate of drug-likeness (QED) is 0.734. The molecule has 21 heavy (non-hydrogen) atoms. The van der Waals surface area contributed by atoms with E-state index >= 15 is 0 Å². The zero-order valence-electron chi connectivity index (χ0n) is 11.8. The van der Waals surface area contributed by atoms with Gasteiger partial charge >= 0.3 is 0 Å². The van der Waals surface area contributed by atoms with E-state index in [4.69, 9.17) is 0 Å². The van der Waals surface area contributed by atoms with Crippen LogP contribution in [0.15, 0.2) is 60.7 Å². The van der Waals surface area contributed by atoms with Crippen molar-refractivity contribution in [3.8, 4) is 0 Å². The van der Waals surface area contributed by atoms with Gasteiger partial charge in [0.05, 0.1) is 4.58 Å². The maximum Gasteiger partial charge on any atom is 0.163 e. The van der Waals surface area contributed by atoms with E-state index in [0.717, 1.165) is 5.56 Å². The topological polar surface area (TPSA) is 17.1 Å². The second-order valence-corrected chi connectivity index (χ2v) is 7.92. The van der Waals surface area contributed by atoms with Crippen molar-refractivity contribution in [1.82, 2.24) is 0 Å². The van der Waals surface area contributed by atoms with Crippen LogP contribution in [0.2, 0.25) is 0 Å². The SMILES string of the molecule is O=C(CC(c1ccccc1)C1SCCS1)c1ccccc1. The standard InChI is InChI=1S/C18H18OS2/c19-17(15-9-5-2-6-10-15)13-16(18-20-11-12-21-18)14-7-3-1-4-8-14/h1-10,16,18H,11-13H2. The van der Waals surface area contributed by atoms with Crippen LogP contribution in [0.1, 0.15) is 28.3 Å². The van der Waals surface area contributed by atoms with Crippen LogP contribution in [0.4, 0.5) is 0 Å². The van der Waals surface area contributed by atoms with Gasteiger partial charge in [-0.15, -0.1) is 23.5 Å². The number of thioether (sulfide) groups is 2. The average molecular weight is 314 g/mol. The highest BCUT2D eigenvalue weighted by molar-refractivity contribution is 8.20. The number of rotatable bonds is 5. The molecule has 3 rings (SSSR count). The van der Waals surface area contributed by atoms with Crippen molar-refractivity contribution in [2.75, 3.05) is 11.5 Å². The van der Waals surface area contributed by atoms with Gasteiger partial charge in [0.1, 0.15) is 0 Å². The van der Waals surface area contributed by atoms with Crippen LogP contribution in [0.25, 0.3) is 0 Å². The van der Waals surface area contributed by atoms with Crippen LogP contribution in [-0.2, 0) is 0 Å². The minimum Gasteiger partial charge on any atom is -0.294 e.